The van der Waals surface area contributed by atoms with Crippen LogP contribution in [0.3, 0.4) is 0 Å². The second-order valence-corrected chi connectivity index (χ2v) is 4.18. The summed E-state index contributed by atoms with van der Waals surface area (Å²) in [6.45, 7) is 0. The van der Waals surface area contributed by atoms with Crippen molar-refractivity contribution < 1.29 is 20.1 Å². The fourth-order valence-electron chi connectivity index (χ4n) is 1.11. The van der Waals surface area contributed by atoms with Gasteiger partial charge in [-0.2, -0.15) is 0 Å². The third-order valence-electron chi connectivity index (χ3n) is 1.93. The highest BCUT2D eigenvalue weighted by molar-refractivity contribution is 6.44. The maximum atomic E-state index is 10.5. The number of halogens is 3. The predicted octanol–water partition coefficient (Wildman–Crippen LogP) is 2.13. The first kappa shape index (κ1) is 13.5. The van der Waals surface area contributed by atoms with E-state index < -0.39 is 18.2 Å². The Kier molecular flexibility index (Phi) is 4.41. The van der Waals surface area contributed by atoms with Crippen molar-refractivity contribution in [2.24, 2.45) is 0 Å². The molecule has 4 nitrogen and oxygen atoms in total. The Morgan fingerprint density at radius 3 is 2.12 bits per heavy atom. The lowest BCUT2D eigenvalue weighted by molar-refractivity contribution is -0.153. The first-order valence-corrected chi connectivity index (χ1v) is 5.22. The molecule has 16 heavy (non-hydrogen) atoms. The minimum absolute atomic E-state index is 0.0298. The van der Waals surface area contributed by atoms with Crippen LogP contribution in [0.15, 0.2) is 12.1 Å². The molecule has 0 amide bonds. The first-order valence-electron chi connectivity index (χ1n) is 4.08. The van der Waals surface area contributed by atoms with Crippen LogP contribution in [0.4, 0.5) is 0 Å². The van der Waals surface area contributed by atoms with Gasteiger partial charge in [0.05, 0.1) is 10.0 Å². The van der Waals surface area contributed by atoms with Crippen LogP contribution in [0.25, 0.3) is 0 Å². The number of carboxylic acids is 1. The molecule has 1 rings (SSSR count). The molecule has 2 unspecified atom stereocenters. The van der Waals surface area contributed by atoms with Crippen molar-refractivity contribution in [1.29, 1.82) is 0 Å². The Balaban J connectivity index is 3.22. The molecule has 0 aliphatic heterocycles. The summed E-state index contributed by atoms with van der Waals surface area (Å²) in [6.07, 6.45) is -3.76. The maximum absolute atomic E-state index is 10.5. The van der Waals surface area contributed by atoms with Gasteiger partial charge in [0, 0.05) is 10.6 Å². The highest BCUT2D eigenvalue weighted by atomic mass is 35.5. The lowest BCUT2D eigenvalue weighted by atomic mass is 10.0. The standard InChI is InChI=1S/C9H7Cl3O4/c10-3-1-2-4(11)6(12)5(3)7(13)8(14)9(15)16/h1-2,7-8,13-14H,(H,15,16). The van der Waals surface area contributed by atoms with Gasteiger partial charge in [-0.05, 0) is 12.1 Å². The SMILES string of the molecule is O=C(O)C(O)C(O)c1c(Cl)ccc(Cl)c1Cl. The molecule has 7 heteroatoms. The minimum Gasteiger partial charge on any atom is -0.479 e. The summed E-state index contributed by atoms with van der Waals surface area (Å²) in [6, 6.07) is 2.75. The van der Waals surface area contributed by atoms with Gasteiger partial charge in [0.25, 0.3) is 0 Å². The van der Waals surface area contributed by atoms with Crippen molar-refractivity contribution in [3.63, 3.8) is 0 Å². The molecule has 0 spiro atoms. The molecular formula is C9H7Cl3O4. The number of aliphatic hydroxyl groups excluding tert-OH is 2. The van der Waals surface area contributed by atoms with Crippen LogP contribution < -0.4 is 0 Å². The Morgan fingerprint density at radius 1 is 1.12 bits per heavy atom. The van der Waals surface area contributed by atoms with Crippen molar-refractivity contribution in [3.8, 4) is 0 Å². The quantitative estimate of drug-likeness (QED) is 0.743. The van der Waals surface area contributed by atoms with Crippen molar-refractivity contribution in [3.05, 3.63) is 32.8 Å². The monoisotopic (exact) mass is 284 g/mol. The molecule has 0 saturated heterocycles. The summed E-state index contributed by atoms with van der Waals surface area (Å²) >= 11 is 17.2. The zero-order valence-electron chi connectivity index (χ0n) is 7.69. The number of hydrogen-bond acceptors (Lipinski definition) is 3. The molecule has 1 aromatic carbocycles. The number of rotatable bonds is 3. The van der Waals surface area contributed by atoms with Crippen LogP contribution in [0.1, 0.15) is 11.7 Å². The van der Waals surface area contributed by atoms with Gasteiger partial charge < -0.3 is 15.3 Å². The second-order valence-electron chi connectivity index (χ2n) is 2.98. The molecule has 0 aliphatic rings. The average molecular weight is 286 g/mol. The summed E-state index contributed by atoms with van der Waals surface area (Å²) in [5.74, 6) is -1.58. The number of carbonyl (C=O) groups is 1. The van der Waals surface area contributed by atoms with Crippen LogP contribution in [0, 0.1) is 0 Å². The zero-order valence-corrected chi connectivity index (χ0v) is 9.96. The van der Waals surface area contributed by atoms with E-state index in [1.54, 1.807) is 0 Å². The zero-order chi connectivity index (χ0) is 12.5. The number of benzene rings is 1. The topological polar surface area (TPSA) is 77.8 Å². The third-order valence-corrected chi connectivity index (χ3v) is 3.08. The van der Waals surface area contributed by atoms with E-state index in [0.717, 1.165) is 0 Å². The van der Waals surface area contributed by atoms with Gasteiger partial charge in [-0.25, -0.2) is 4.79 Å². The fraction of sp³-hybridized carbons (Fsp3) is 0.222. The average Bonchev–Trinajstić information content (AvgIpc) is 2.22. The summed E-state index contributed by atoms with van der Waals surface area (Å²) in [5, 5.41) is 27.4. The van der Waals surface area contributed by atoms with E-state index in [1.807, 2.05) is 0 Å². The van der Waals surface area contributed by atoms with Crippen LogP contribution in [-0.4, -0.2) is 27.4 Å². The molecule has 0 radical (unpaired) electrons. The summed E-state index contributed by atoms with van der Waals surface area (Å²) in [4.78, 5) is 10.5. The normalized spacial score (nSPS) is 14.6. The summed E-state index contributed by atoms with van der Waals surface area (Å²) < 4.78 is 0. The molecule has 0 saturated carbocycles. The van der Waals surface area contributed by atoms with E-state index in [2.05, 4.69) is 0 Å². The van der Waals surface area contributed by atoms with Gasteiger partial charge in [0.2, 0.25) is 0 Å². The second kappa shape index (κ2) is 5.21. The molecule has 0 aliphatic carbocycles. The Bertz CT molecular complexity index is 421. The van der Waals surface area contributed by atoms with E-state index >= 15 is 0 Å². The molecular weight excluding hydrogens is 278 g/mol. The van der Waals surface area contributed by atoms with E-state index in [1.165, 1.54) is 12.1 Å². The Morgan fingerprint density at radius 2 is 1.62 bits per heavy atom. The number of carboxylic acid groups (broad SMARTS) is 1. The van der Waals surface area contributed by atoms with Crippen molar-refractivity contribution in [1.82, 2.24) is 0 Å². The van der Waals surface area contributed by atoms with Crippen molar-refractivity contribution in [2.75, 3.05) is 0 Å². The minimum atomic E-state index is -2.02. The highest BCUT2D eigenvalue weighted by Gasteiger charge is 2.29. The summed E-state index contributed by atoms with van der Waals surface area (Å²) in [7, 11) is 0. The Hall–Kier alpha value is -0.520. The smallest absolute Gasteiger partial charge is 0.335 e. The van der Waals surface area contributed by atoms with Gasteiger partial charge in [-0.3, -0.25) is 0 Å². The molecule has 3 N–H and O–H groups in total. The molecule has 0 bridgehead atoms. The van der Waals surface area contributed by atoms with E-state index in [0.29, 0.717) is 0 Å². The van der Waals surface area contributed by atoms with E-state index in [-0.39, 0.29) is 20.6 Å². The van der Waals surface area contributed by atoms with E-state index in [9.17, 15) is 15.0 Å². The lowest BCUT2D eigenvalue weighted by Crippen LogP contribution is -2.27. The number of hydrogen-bond donors (Lipinski definition) is 3. The van der Waals surface area contributed by atoms with Crippen LogP contribution >= 0.6 is 34.8 Å². The van der Waals surface area contributed by atoms with Gasteiger partial charge >= 0.3 is 5.97 Å². The Labute approximate surface area is 106 Å². The van der Waals surface area contributed by atoms with Crippen LogP contribution in [-0.2, 0) is 4.79 Å². The molecule has 0 aromatic heterocycles. The first-order chi connectivity index (χ1) is 7.36. The van der Waals surface area contributed by atoms with Crippen molar-refractivity contribution >= 4 is 40.8 Å². The largest absolute Gasteiger partial charge is 0.479 e. The van der Waals surface area contributed by atoms with Crippen LogP contribution in [0.5, 0.6) is 0 Å². The number of aliphatic carboxylic acids is 1. The van der Waals surface area contributed by atoms with Gasteiger partial charge in [-0.15, -0.1) is 0 Å². The molecule has 88 valence electrons. The number of aliphatic hydroxyl groups is 2. The van der Waals surface area contributed by atoms with Gasteiger partial charge in [-0.1, -0.05) is 34.8 Å². The fourth-order valence-corrected chi connectivity index (χ4v) is 1.87. The van der Waals surface area contributed by atoms with Crippen molar-refractivity contribution in [2.45, 2.75) is 12.2 Å². The van der Waals surface area contributed by atoms with E-state index in [4.69, 9.17) is 39.9 Å². The lowest BCUT2D eigenvalue weighted by Gasteiger charge is -2.17. The van der Waals surface area contributed by atoms with Crippen LogP contribution in [0.2, 0.25) is 15.1 Å². The van der Waals surface area contributed by atoms with Gasteiger partial charge in [0.1, 0.15) is 6.10 Å². The predicted molar refractivity (Wildman–Crippen MR) is 60.1 cm³/mol. The molecule has 0 fully saturated rings. The maximum Gasteiger partial charge on any atom is 0.335 e. The van der Waals surface area contributed by atoms with Gasteiger partial charge in [0.15, 0.2) is 6.10 Å². The molecule has 2 atom stereocenters. The highest BCUT2D eigenvalue weighted by Crippen LogP contribution is 2.36. The summed E-state index contributed by atoms with van der Waals surface area (Å²) in [5.41, 5.74) is -0.106. The third kappa shape index (κ3) is 2.59. The molecule has 1 aromatic rings. The molecule has 0 heterocycles.